The first-order chi connectivity index (χ1) is 8.19. The van der Waals surface area contributed by atoms with Crippen LogP contribution in [0.25, 0.3) is 0 Å². The third-order valence-electron chi connectivity index (χ3n) is 3.02. The maximum atomic E-state index is 9.19. The molecule has 0 spiro atoms. The highest BCUT2D eigenvalue weighted by atomic mass is 35.5. The minimum Gasteiger partial charge on any atom is -0.305 e. The highest BCUT2D eigenvalue weighted by molar-refractivity contribution is 8.00. The zero-order valence-corrected chi connectivity index (χ0v) is 11.3. The van der Waals surface area contributed by atoms with Gasteiger partial charge in [0.1, 0.15) is 0 Å². The lowest BCUT2D eigenvalue weighted by Gasteiger charge is -2.32. The van der Waals surface area contributed by atoms with Gasteiger partial charge in [0.15, 0.2) is 0 Å². The monoisotopic (exact) mass is 266 g/mol. The number of thioether (sulfide) groups is 1. The van der Waals surface area contributed by atoms with E-state index < -0.39 is 0 Å². The molecule has 1 aromatic rings. The Labute approximate surface area is 112 Å². The van der Waals surface area contributed by atoms with Gasteiger partial charge in [0.05, 0.1) is 12.0 Å². The number of nitriles is 1. The second-order valence-corrected chi connectivity index (χ2v) is 6.15. The molecule has 1 aliphatic heterocycles. The molecule has 2 atom stereocenters. The summed E-state index contributed by atoms with van der Waals surface area (Å²) in [4.78, 5) is 3.43. The number of nitrogens with zero attached hydrogens (tertiary/aromatic N) is 2. The Kier molecular flexibility index (Phi) is 4.33. The predicted octanol–water partition coefficient (Wildman–Crippen LogP) is 3.28. The lowest BCUT2D eigenvalue weighted by atomic mass is 10.00. The minimum absolute atomic E-state index is 0.120. The van der Waals surface area contributed by atoms with Crippen LogP contribution in [-0.4, -0.2) is 30.3 Å². The smallest absolute Gasteiger partial charge is 0.0712 e. The molecule has 0 amide bonds. The van der Waals surface area contributed by atoms with Crippen molar-refractivity contribution in [3.05, 3.63) is 29.3 Å². The van der Waals surface area contributed by atoms with E-state index in [1.807, 2.05) is 24.3 Å². The van der Waals surface area contributed by atoms with Crippen molar-refractivity contribution in [1.29, 1.82) is 5.26 Å². The molecule has 2 unspecified atom stereocenters. The maximum Gasteiger partial charge on any atom is 0.0712 e. The molecule has 90 valence electrons. The van der Waals surface area contributed by atoms with Crippen LogP contribution in [0, 0.1) is 17.2 Å². The van der Waals surface area contributed by atoms with Gasteiger partial charge in [-0.3, -0.25) is 0 Å². The van der Waals surface area contributed by atoms with Crippen LogP contribution in [0.1, 0.15) is 6.42 Å². The van der Waals surface area contributed by atoms with Gasteiger partial charge >= 0.3 is 0 Å². The maximum absolute atomic E-state index is 9.19. The fourth-order valence-electron chi connectivity index (χ4n) is 2.05. The molecule has 0 aliphatic carbocycles. The predicted molar refractivity (Wildman–Crippen MR) is 72.3 cm³/mol. The van der Waals surface area contributed by atoms with E-state index in [0.29, 0.717) is 5.25 Å². The first kappa shape index (κ1) is 12.8. The van der Waals surface area contributed by atoms with E-state index in [-0.39, 0.29) is 5.92 Å². The molecule has 1 heterocycles. The normalized spacial score (nSPS) is 25.5. The average Bonchev–Trinajstić information content (AvgIpc) is 2.34. The van der Waals surface area contributed by atoms with Crippen LogP contribution < -0.4 is 0 Å². The average molecular weight is 267 g/mol. The van der Waals surface area contributed by atoms with E-state index in [4.69, 9.17) is 11.6 Å². The Bertz CT molecular complexity index is 412. The van der Waals surface area contributed by atoms with Gasteiger partial charge in [0.25, 0.3) is 0 Å². The van der Waals surface area contributed by atoms with Crippen LogP contribution in [-0.2, 0) is 0 Å². The second kappa shape index (κ2) is 5.77. The van der Waals surface area contributed by atoms with Gasteiger partial charge in [-0.2, -0.15) is 5.26 Å². The number of hydrogen-bond donors (Lipinski definition) is 0. The number of likely N-dealkylation sites (tertiary alicyclic amines) is 1. The van der Waals surface area contributed by atoms with Gasteiger partial charge in [-0.15, -0.1) is 11.8 Å². The molecule has 0 radical (unpaired) electrons. The van der Waals surface area contributed by atoms with Gasteiger partial charge in [0.2, 0.25) is 0 Å². The molecule has 2 nitrogen and oxygen atoms in total. The lowest BCUT2D eigenvalue weighted by Crippen LogP contribution is -2.38. The third-order valence-corrected chi connectivity index (χ3v) is 4.68. The lowest BCUT2D eigenvalue weighted by molar-refractivity contribution is 0.247. The molecule has 0 N–H and O–H groups in total. The van der Waals surface area contributed by atoms with Crippen molar-refractivity contribution >= 4 is 23.4 Å². The second-order valence-electron chi connectivity index (χ2n) is 4.40. The van der Waals surface area contributed by atoms with Gasteiger partial charge in [0, 0.05) is 21.7 Å². The summed E-state index contributed by atoms with van der Waals surface area (Å²) in [5.41, 5.74) is 0. The summed E-state index contributed by atoms with van der Waals surface area (Å²) in [5, 5.41) is 10.3. The third kappa shape index (κ3) is 3.38. The van der Waals surface area contributed by atoms with Crippen molar-refractivity contribution in [2.75, 3.05) is 20.1 Å². The molecule has 1 fully saturated rings. The van der Waals surface area contributed by atoms with Crippen molar-refractivity contribution < 1.29 is 0 Å². The molecule has 1 saturated heterocycles. The van der Waals surface area contributed by atoms with Crippen molar-refractivity contribution in [3.63, 3.8) is 0 Å². The molecule has 2 rings (SSSR count). The molecule has 1 aromatic carbocycles. The van der Waals surface area contributed by atoms with E-state index in [1.165, 1.54) is 4.90 Å². The fraction of sp³-hybridized carbons (Fsp3) is 0.462. The Morgan fingerprint density at radius 1 is 1.41 bits per heavy atom. The van der Waals surface area contributed by atoms with Crippen LogP contribution in [0.5, 0.6) is 0 Å². The van der Waals surface area contributed by atoms with E-state index in [0.717, 1.165) is 24.5 Å². The number of rotatable bonds is 2. The summed E-state index contributed by atoms with van der Waals surface area (Å²) in [5.74, 6) is 0.120. The zero-order valence-electron chi connectivity index (χ0n) is 9.77. The Morgan fingerprint density at radius 2 is 2.12 bits per heavy atom. The Morgan fingerprint density at radius 3 is 2.76 bits per heavy atom. The highest BCUT2D eigenvalue weighted by Gasteiger charge is 2.28. The minimum atomic E-state index is 0.120. The summed E-state index contributed by atoms with van der Waals surface area (Å²) in [6.45, 7) is 1.95. The molecular weight excluding hydrogens is 252 g/mol. The van der Waals surface area contributed by atoms with Gasteiger partial charge < -0.3 is 4.90 Å². The van der Waals surface area contributed by atoms with Crippen molar-refractivity contribution in [1.82, 2.24) is 4.90 Å². The van der Waals surface area contributed by atoms with Crippen LogP contribution in [0.15, 0.2) is 29.2 Å². The van der Waals surface area contributed by atoms with Crippen molar-refractivity contribution in [2.24, 2.45) is 5.92 Å². The van der Waals surface area contributed by atoms with E-state index in [1.54, 1.807) is 11.8 Å². The number of piperidine rings is 1. The van der Waals surface area contributed by atoms with E-state index in [9.17, 15) is 5.26 Å². The molecule has 1 aliphatic rings. The van der Waals surface area contributed by atoms with Crippen LogP contribution in [0.3, 0.4) is 0 Å². The largest absolute Gasteiger partial charge is 0.305 e. The summed E-state index contributed by atoms with van der Waals surface area (Å²) >= 11 is 7.66. The molecule has 0 bridgehead atoms. The van der Waals surface area contributed by atoms with E-state index in [2.05, 4.69) is 18.0 Å². The van der Waals surface area contributed by atoms with Crippen LogP contribution >= 0.6 is 23.4 Å². The topological polar surface area (TPSA) is 27.0 Å². The molecular formula is C13H15ClN2S. The van der Waals surface area contributed by atoms with Gasteiger partial charge in [-0.05, 0) is 44.3 Å². The Balaban J connectivity index is 2.02. The van der Waals surface area contributed by atoms with Crippen molar-refractivity contribution in [2.45, 2.75) is 16.6 Å². The highest BCUT2D eigenvalue weighted by Crippen LogP contribution is 2.33. The number of hydrogen-bond acceptors (Lipinski definition) is 3. The summed E-state index contributed by atoms with van der Waals surface area (Å²) in [6, 6.07) is 10.3. The zero-order chi connectivity index (χ0) is 12.3. The molecule has 0 saturated carbocycles. The molecule has 4 heteroatoms. The standard InChI is InChI=1S/C13H15ClN2S/c1-16-7-6-13(10(8-15)9-16)17-12-4-2-11(14)3-5-12/h2-5,10,13H,6-7,9H2,1H3. The quantitative estimate of drug-likeness (QED) is 0.822. The van der Waals surface area contributed by atoms with Crippen LogP contribution in [0.2, 0.25) is 5.02 Å². The van der Waals surface area contributed by atoms with Crippen LogP contribution in [0.4, 0.5) is 0 Å². The summed E-state index contributed by atoms with van der Waals surface area (Å²) < 4.78 is 0. The number of halogens is 1. The van der Waals surface area contributed by atoms with Crippen molar-refractivity contribution in [3.8, 4) is 6.07 Å². The Hall–Kier alpha value is -0.690. The van der Waals surface area contributed by atoms with E-state index >= 15 is 0 Å². The fourth-order valence-corrected chi connectivity index (χ4v) is 3.35. The first-order valence-corrected chi connectivity index (χ1v) is 6.95. The SMILES string of the molecule is CN1CCC(Sc2ccc(Cl)cc2)C(C#N)C1. The summed E-state index contributed by atoms with van der Waals surface area (Å²) in [6.07, 6.45) is 1.07. The first-order valence-electron chi connectivity index (χ1n) is 5.69. The molecule has 17 heavy (non-hydrogen) atoms. The number of benzene rings is 1. The van der Waals surface area contributed by atoms with Gasteiger partial charge in [-0.1, -0.05) is 11.6 Å². The van der Waals surface area contributed by atoms with Gasteiger partial charge in [-0.25, -0.2) is 0 Å². The summed E-state index contributed by atoms with van der Waals surface area (Å²) in [7, 11) is 2.08. The molecule has 0 aromatic heterocycles.